The monoisotopic (exact) mass is 654 g/mol. The number of anilines is 2. The van der Waals surface area contributed by atoms with Crippen LogP contribution in [0.5, 0.6) is 0 Å². The summed E-state index contributed by atoms with van der Waals surface area (Å²) >= 11 is 0. The van der Waals surface area contributed by atoms with E-state index in [-0.39, 0.29) is 11.4 Å². The second-order valence-electron chi connectivity index (χ2n) is 11.4. The van der Waals surface area contributed by atoms with Crippen LogP contribution in [-0.4, -0.2) is 38.0 Å². The van der Waals surface area contributed by atoms with E-state index in [1.54, 1.807) is 24.3 Å². The predicted octanol–water partition coefficient (Wildman–Crippen LogP) is 7.23. The van der Waals surface area contributed by atoms with Gasteiger partial charge in [0.1, 0.15) is 0 Å². The Bertz CT molecular complexity index is 2150. The van der Waals surface area contributed by atoms with E-state index < -0.39 is 9.85 Å². The van der Waals surface area contributed by atoms with Gasteiger partial charge in [-0.25, -0.2) is 0 Å². The molecule has 0 aromatic heterocycles. The molecular weight excluding hydrogens is 624 g/mol. The summed E-state index contributed by atoms with van der Waals surface area (Å²) < 4.78 is 0. The highest BCUT2D eigenvalue weighted by Gasteiger charge is 2.08. The van der Waals surface area contributed by atoms with E-state index in [9.17, 15) is 20.2 Å². The number of non-ortho nitro benzene ring substituents is 2. The van der Waals surface area contributed by atoms with E-state index in [1.165, 1.54) is 24.3 Å². The molecule has 50 heavy (non-hydrogen) atoms. The minimum atomic E-state index is -0.456. The van der Waals surface area contributed by atoms with Crippen molar-refractivity contribution in [2.75, 3.05) is 38.0 Å². The SMILES string of the molecule is CN(C)c1ccc(C#Cc2cc(C#Cc3ccc(N(C)C)cc3)c(C#Cc3ccc([N+](=O)[O-])cc3)cc2C#Cc2ccc([N+](=O)[O-])cc2)cc1. The summed E-state index contributed by atoms with van der Waals surface area (Å²) in [5.41, 5.74) is 7.33. The molecule has 0 fully saturated rings. The summed E-state index contributed by atoms with van der Waals surface area (Å²) in [4.78, 5) is 25.4. The van der Waals surface area contributed by atoms with Gasteiger partial charge in [-0.3, -0.25) is 20.2 Å². The highest BCUT2D eigenvalue weighted by atomic mass is 16.6. The van der Waals surface area contributed by atoms with Crippen LogP contribution in [0.25, 0.3) is 0 Å². The van der Waals surface area contributed by atoms with Gasteiger partial charge in [0.25, 0.3) is 11.4 Å². The van der Waals surface area contributed by atoms with E-state index in [0.29, 0.717) is 33.4 Å². The molecule has 5 aromatic rings. The molecule has 0 aliphatic rings. The van der Waals surface area contributed by atoms with Crippen molar-refractivity contribution in [3.05, 3.63) is 174 Å². The summed E-state index contributed by atoms with van der Waals surface area (Å²) in [5, 5.41) is 22.3. The maximum atomic E-state index is 11.1. The third-order valence-electron chi connectivity index (χ3n) is 7.45. The molecule has 8 nitrogen and oxygen atoms in total. The van der Waals surface area contributed by atoms with Gasteiger partial charge in [0, 0.05) is 108 Å². The highest BCUT2D eigenvalue weighted by Crippen LogP contribution is 2.19. The van der Waals surface area contributed by atoms with Crippen molar-refractivity contribution in [2.45, 2.75) is 0 Å². The van der Waals surface area contributed by atoms with Crippen LogP contribution in [0.1, 0.15) is 44.5 Å². The Balaban J connectivity index is 1.65. The Morgan fingerprint density at radius 2 is 0.640 bits per heavy atom. The van der Waals surface area contributed by atoms with Crippen LogP contribution < -0.4 is 9.80 Å². The molecule has 0 amide bonds. The summed E-state index contributed by atoms with van der Waals surface area (Å²) in [7, 11) is 7.90. The third kappa shape index (κ3) is 8.96. The molecule has 242 valence electrons. The molecule has 0 saturated carbocycles. The van der Waals surface area contributed by atoms with Gasteiger partial charge < -0.3 is 9.80 Å². The Hall–Kier alpha value is -7.26. The summed E-state index contributed by atoms with van der Waals surface area (Å²) in [6.45, 7) is 0. The van der Waals surface area contributed by atoms with Gasteiger partial charge >= 0.3 is 0 Å². The summed E-state index contributed by atoms with van der Waals surface area (Å²) in [5.74, 6) is 25.6. The lowest BCUT2D eigenvalue weighted by Gasteiger charge is -2.11. The number of benzene rings is 5. The van der Waals surface area contributed by atoms with Gasteiger partial charge in [-0.1, -0.05) is 47.4 Å². The molecule has 0 atom stereocenters. The Morgan fingerprint density at radius 1 is 0.400 bits per heavy atom. The van der Waals surface area contributed by atoms with Crippen molar-refractivity contribution >= 4 is 22.7 Å². The first-order valence-electron chi connectivity index (χ1n) is 15.4. The molecule has 0 saturated heterocycles. The summed E-state index contributed by atoms with van der Waals surface area (Å²) in [6, 6.07) is 31.5. The van der Waals surface area contributed by atoms with Crippen molar-refractivity contribution < 1.29 is 9.85 Å². The molecule has 0 unspecified atom stereocenters. The van der Waals surface area contributed by atoms with Crippen molar-refractivity contribution in [3.63, 3.8) is 0 Å². The normalized spacial score (nSPS) is 9.68. The maximum absolute atomic E-state index is 11.1. The second-order valence-corrected chi connectivity index (χ2v) is 11.4. The lowest BCUT2D eigenvalue weighted by Crippen LogP contribution is -2.07. The van der Waals surface area contributed by atoms with Crippen molar-refractivity contribution in [1.29, 1.82) is 0 Å². The van der Waals surface area contributed by atoms with Gasteiger partial charge in [-0.15, -0.1) is 0 Å². The molecular formula is C42H30N4O4. The lowest BCUT2D eigenvalue weighted by atomic mass is 9.97. The molecule has 0 aliphatic heterocycles. The van der Waals surface area contributed by atoms with Gasteiger partial charge in [0.2, 0.25) is 0 Å². The van der Waals surface area contributed by atoms with E-state index in [1.807, 2.05) is 98.7 Å². The van der Waals surface area contributed by atoms with Crippen molar-refractivity contribution in [3.8, 4) is 47.4 Å². The maximum Gasteiger partial charge on any atom is 0.269 e. The number of hydrogen-bond acceptors (Lipinski definition) is 6. The van der Waals surface area contributed by atoms with Crippen LogP contribution in [0.3, 0.4) is 0 Å². The molecule has 5 aromatic carbocycles. The van der Waals surface area contributed by atoms with Gasteiger partial charge in [0.05, 0.1) is 9.85 Å². The fraction of sp³-hybridized carbons (Fsp3) is 0.0952. The molecule has 0 N–H and O–H groups in total. The molecule has 0 aliphatic carbocycles. The molecule has 0 spiro atoms. The quantitative estimate of drug-likeness (QED) is 0.115. The van der Waals surface area contributed by atoms with Crippen LogP contribution in [-0.2, 0) is 0 Å². The van der Waals surface area contributed by atoms with Crippen LogP contribution in [0, 0.1) is 67.6 Å². The number of nitro groups is 2. The minimum absolute atomic E-state index is 0.0227. The first-order chi connectivity index (χ1) is 24.0. The first-order valence-corrected chi connectivity index (χ1v) is 15.4. The van der Waals surface area contributed by atoms with Crippen LogP contribution in [0.2, 0.25) is 0 Å². The highest BCUT2D eigenvalue weighted by molar-refractivity contribution is 5.65. The molecule has 0 bridgehead atoms. The molecule has 8 heteroatoms. The van der Waals surface area contributed by atoms with Gasteiger partial charge in [-0.05, 0) is 84.9 Å². The van der Waals surface area contributed by atoms with E-state index in [4.69, 9.17) is 0 Å². The largest absolute Gasteiger partial charge is 0.378 e. The van der Waals surface area contributed by atoms with Gasteiger partial charge in [-0.2, -0.15) is 0 Å². The number of hydrogen-bond donors (Lipinski definition) is 0. The fourth-order valence-electron chi connectivity index (χ4n) is 4.59. The molecule has 0 radical (unpaired) electrons. The Labute approximate surface area is 291 Å². The zero-order chi connectivity index (χ0) is 35.6. The average Bonchev–Trinajstić information content (AvgIpc) is 3.12. The fourth-order valence-corrected chi connectivity index (χ4v) is 4.59. The Kier molecular flexibility index (Phi) is 10.6. The summed E-state index contributed by atoms with van der Waals surface area (Å²) in [6.07, 6.45) is 0. The van der Waals surface area contributed by atoms with Crippen LogP contribution in [0.4, 0.5) is 22.7 Å². The smallest absolute Gasteiger partial charge is 0.269 e. The van der Waals surface area contributed by atoms with Gasteiger partial charge in [0.15, 0.2) is 0 Å². The first kappa shape index (κ1) is 34.1. The van der Waals surface area contributed by atoms with Crippen molar-refractivity contribution in [2.24, 2.45) is 0 Å². The van der Waals surface area contributed by atoms with E-state index in [2.05, 4.69) is 47.4 Å². The zero-order valence-electron chi connectivity index (χ0n) is 27.8. The topological polar surface area (TPSA) is 92.8 Å². The molecule has 5 rings (SSSR count). The van der Waals surface area contributed by atoms with E-state index >= 15 is 0 Å². The molecule has 0 heterocycles. The van der Waals surface area contributed by atoms with Crippen LogP contribution in [0.15, 0.2) is 109 Å². The predicted molar refractivity (Wildman–Crippen MR) is 198 cm³/mol. The van der Waals surface area contributed by atoms with E-state index in [0.717, 1.165) is 22.5 Å². The third-order valence-corrected chi connectivity index (χ3v) is 7.45. The Morgan fingerprint density at radius 3 is 0.860 bits per heavy atom. The zero-order valence-corrected chi connectivity index (χ0v) is 27.8. The number of rotatable bonds is 4. The second kappa shape index (κ2) is 15.6. The van der Waals surface area contributed by atoms with Crippen molar-refractivity contribution in [1.82, 2.24) is 0 Å². The average molecular weight is 655 g/mol. The standard InChI is InChI=1S/C42H30N4O4/c1-43(2)39-21-9-31(10-22-39)5-17-35-29-36(18-6-32-11-23-40(24-12-32)44(3)4)38(20-8-34-15-27-42(28-16-34)46(49)50)30-37(35)19-7-33-13-25-41(26-14-33)45(47)48/h9-16,21-30H,1-4H3. The number of nitro benzene ring substituents is 2. The van der Waals surface area contributed by atoms with Crippen LogP contribution >= 0.6 is 0 Å². The number of nitrogens with zero attached hydrogens (tertiary/aromatic N) is 4. The lowest BCUT2D eigenvalue weighted by molar-refractivity contribution is -0.385. The minimum Gasteiger partial charge on any atom is -0.378 e.